The average molecular weight is 360 g/mol. The normalized spacial score (nSPS) is 19.9. The predicted molar refractivity (Wildman–Crippen MR) is 107 cm³/mol. The van der Waals surface area contributed by atoms with E-state index < -0.39 is 6.10 Å². The minimum absolute atomic E-state index is 0.0229. The van der Waals surface area contributed by atoms with E-state index in [0.717, 1.165) is 18.4 Å². The van der Waals surface area contributed by atoms with Gasteiger partial charge < -0.3 is 10.4 Å². The molecule has 0 fully saturated rings. The number of aliphatic hydroxyl groups is 1. The summed E-state index contributed by atoms with van der Waals surface area (Å²) < 4.78 is 0. The largest absolute Gasteiger partial charge is 0.392 e. The number of aliphatic hydroxyl groups excluding tert-OH is 1. The average Bonchev–Trinajstić information content (AvgIpc) is 2.92. The third-order valence-electron chi connectivity index (χ3n) is 4.39. The molecule has 4 nitrogen and oxygen atoms in total. The molecule has 26 heavy (non-hydrogen) atoms. The van der Waals surface area contributed by atoms with Crippen LogP contribution in [-0.2, 0) is 9.59 Å². The van der Waals surface area contributed by atoms with E-state index in [2.05, 4.69) is 31.3 Å². The minimum Gasteiger partial charge on any atom is -0.392 e. The summed E-state index contributed by atoms with van der Waals surface area (Å²) in [7, 11) is 0. The molecule has 0 aliphatic carbocycles. The van der Waals surface area contributed by atoms with Crippen molar-refractivity contribution in [1.82, 2.24) is 5.32 Å². The number of rotatable bonds is 10. The molecule has 1 heterocycles. The third-order valence-corrected chi connectivity index (χ3v) is 4.39. The Morgan fingerprint density at radius 2 is 2.04 bits per heavy atom. The second-order valence-electron chi connectivity index (χ2n) is 7.50. The lowest BCUT2D eigenvalue weighted by Gasteiger charge is -2.10. The van der Waals surface area contributed by atoms with Crippen LogP contribution in [0.4, 0.5) is 0 Å². The lowest BCUT2D eigenvalue weighted by atomic mass is 10.0. The smallest absolute Gasteiger partial charge is 0.255 e. The van der Waals surface area contributed by atoms with Gasteiger partial charge in [0, 0.05) is 12.5 Å². The van der Waals surface area contributed by atoms with Gasteiger partial charge in [-0.3, -0.25) is 9.59 Å². The molecule has 4 heteroatoms. The molecule has 0 bridgehead atoms. The first-order valence-electron chi connectivity index (χ1n) is 9.42. The third kappa shape index (κ3) is 7.96. The van der Waals surface area contributed by atoms with Crippen molar-refractivity contribution >= 4 is 11.7 Å². The first-order valence-corrected chi connectivity index (χ1v) is 9.42. The van der Waals surface area contributed by atoms with Crippen LogP contribution in [0.5, 0.6) is 0 Å². The summed E-state index contributed by atoms with van der Waals surface area (Å²) in [5.74, 6) is -0.157. The van der Waals surface area contributed by atoms with Crippen LogP contribution in [-0.4, -0.2) is 28.9 Å². The highest BCUT2D eigenvalue weighted by atomic mass is 16.3. The molecular weight excluding hydrogens is 326 g/mol. The minimum atomic E-state index is -0.767. The summed E-state index contributed by atoms with van der Waals surface area (Å²) in [6.45, 7) is 10.2. The quantitative estimate of drug-likeness (QED) is 0.352. The van der Waals surface area contributed by atoms with Crippen molar-refractivity contribution in [2.24, 2.45) is 5.92 Å². The van der Waals surface area contributed by atoms with Crippen LogP contribution in [0.2, 0.25) is 0 Å². The van der Waals surface area contributed by atoms with Gasteiger partial charge >= 0.3 is 0 Å². The molecule has 1 unspecified atom stereocenters. The highest BCUT2D eigenvalue weighted by Gasteiger charge is 2.28. The van der Waals surface area contributed by atoms with Gasteiger partial charge in [-0.2, -0.15) is 0 Å². The number of hydrogen-bond acceptors (Lipinski definition) is 3. The van der Waals surface area contributed by atoms with E-state index in [4.69, 9.17) is 0 Å². The van der Waals surface area contributed by atoms with E-state index in [1.807, 2.05) is 32.9 Å². The van der Waals surface area contributed by atoms with Gasteiger partial charge in [-0.05, 0) is 52.0 Å². The van der Waals surface area contributed by atoms with Crippen LogP contribution in [0.3, 0.4) is 0 Å². The van der Waals surface area contributed by atoms with E-state index in [9.17, 15) is 14.7 Å². The van der Waals surface area contributed by atoms with Crippen LogP contribution in [0.1, 0.15) is 60.3 Å². The summed E-state index contributed by atoms with van der Waals surface area (Å²) in [5.41, 5.74) is 2.55. The lowest BCUT2D eigenvalue weighted by molar-refractivity contribution is -0.122. The summed E-state index contributed by atoms with van der Waals surface area (Å²) in [4.78, 5) is 24.2. The number of allylic oxidation sites excluding steroid dienone is 5. The molecule has 144 valence electrons. The Labute approximate surface area is 157 Å². The van der Waals surface area contributed by atoms with E-state index in [0.29, 0.717) is 12.3 Å². The van der Waals surface area contributed by atoms with E-state index in [1.54, 1.807) is 6.08 Å². The standard InChI is InChI=1S/C22H33NO3/c1-6-16(4)8-7-9-17(5)10-11-19(24)14-21(25)20-13-18(12-15(2)3)23-22(20)26/h6-8,10,13,15,18-19,24H,9,11-12,14H2,1-5H3,(H,23,26)/b8-7+,16-6+,17-10-/t18-,19?/m0/s1. The molecule has 1 aliphatic rings. The van der Waals surface area contributed by atoms with Gasteiger partial charge in [-0.25, -0.2) is 0 Å². The van der Waals surface area contributed by atoms with Crippen LogP contribution in [0.25, 0.3) is 0 Å². The zero-order valence-electron chi connectivity index (χ0n) is 16.7. The Morgan fingerprint density at radius 3 is 2.65 bits per heavy atom. The molecule has 0 spiro atoms. The summed E-state index contributed by atoms with van der Waals surface area (Å²) >= 11 is 0. The molecular formula is C22H33NO3. The van der Waals surface area contributed by atoms with E-state index >= 15 is 0 Å². The Hall–Kier alpha value is -1.94. The monoisotopic (exact) mass is 359 g/mol. The van der Waals surface area contributed by atoms with Crippen LogP contribution in [0.15, 0.2) is 47.1 Å². The Kier molecular flexibility index (Phi) is 9.28. The van der Waals surface area contributed by atoms with E-state index in [1.165, 1.54) is 5.57 Å². The van der Waals surface area contributed by atoms with Crippen molar-refractivity contribution in [3.63, 3.8) is 0 Å². The van der Waals surface area contributed by atoms with Crippen molar-refractivity contribution in [2.75, 3.05) is 0 Å². The maximum atomic E-state index is 12.3. The summed E-state index contributed by atoms with van der Waals surface area (Å²) in [6.07, 6.45) is 11.1. The number of ketones is 1. The molecule has 0 aromatic rings. The summed E-state index contributed by atoms with van der Waals surface area (Å²) in [6, 6.07) is -0.0758. The van der Waals surface area contributed by atoms with Crippen LogP contribution in [0, 0.1) is 5.92 Å². The maximum Gasteiger partial charge on any atom is 0.255 e. The van der Waals surface area contributed by atoms with Crippen LogP contribution < -0.4 is 5.32 Å². The van der Waals surface area contributed by atoms with Gasteiger partial charge in [0.2, 0.25) is 0 Å². The number of carbonyl (C=O) groups excluding carboxylic acids is 2. The van der Waals surface area contributed by atoms with E-state index in [-0.39, 0.29) is 29.7 Å². The summed E-state index contributed by atoms with van der Waals surface area (Å²) in [5, 5.41) is 12.9. The highest BCUT2D eigenvalue weighted by molar-refractivity contribution is 6.20. The zero-order chi connectivity index (χ0) is 19.7. The second kappa shape index (κ2) is 10.9. The SMILES string of the molecule is C/C=C(C)/C=C/C/C(C)=C\CC(O)CC(=O)C1=C[C@H](CC(C)C)NC1=O. The first-order chi connectivity index (χ1) is 12.2. The van der Waals surface area contributed by atoms with Gasteiger partial charge in [0.05, 0.1) is 11.7 Å². The van der Waals surface area contributed by atoms with Gasteiger partial charge in [0.25, 0.3) is 5.91 Å². The van der Waals surface area contributed by atoms with Gasteiger partial charge in [-0.15, -0.1) is 0 Å². The van der Waals surface area contributed by atoms with Crippen molar-refractivity contribution < 1.29 is 14.7 Å². The van der Waals surface area contributed by atoms with Crippen LogP contribution >= 0.6 is 0 Å². The maximum absolute atomic E-state index is 12.3. The first kappa shape index (κ1) is 22.1. The highest BCUT2D eigenvalue weighted by Crippen LogP contribution is 2.17. The van der Waals surface area contributed by atoms with Crippen molar-refractivity contribution in [3.05, 3.63) is 47.1 Å². The Bertz CT molecular complexity index is 623. The Morgan fingerprint density at radius 1 is 1.35 bits per heavy atom. The number of carbonyl (C=O) groups is 2. The lowest BCUT2D eigenvalue weighted by Crippen LogP contribution is -2.29. The molecule has 1 rings (SSSR count). The number of Topliss-reactive ketones (excluding diaryl/α,β-unsaturated/α-hetero) is 1. The van der Waals surface area contributed by atoms with Crippen molar-refractivity contribution in [2.45, 2.75) is 72.4 Å². The molecule has 0 saturated heterocycles. The predicted octanol–water partition coefficient (Wildman–Crippen LogP) is 4.03. The van der Waals surface area contributed by atoms with Gasteiger partial charge in [-0.1, -0.05) is 49.3 Å². The number of nitrogens with one attached hydrogen (secondary N) is 1. The fourth-order valence-corrected chi connectivity index (χ4v) is 2.77. The molecule has 2 N–H and O–H groups in total. The molecule has 1 amide bonds. The second-order valence-corrected chi connectivity index (χ2v) is 7.50. The van der Waals surface area contributed by atoms with Crippen molar-refractivity contribution in [3.8, 4) is 0 Å². The molecule has 0 aromatic carbocycles. The molecule has 0 aromatic heterocycles. The zero-order valence-corrected chi connectivity index (χ0v) is 16.7. The number of amides is 1. The Balaban J connectivity index is 2.50. The fourth-order valence-electron chi connectivity index (χ4n) is 2.77. The fraction of sp³-hybridized carbons (Fsp3) is 0.545. The molecule has 0 saturated carbocycles. The molecule has 0 radical (unpaired) electrons. The van der Waals surface area contributed by atoms with Gasteiger partial charge in [0.1, 0.15) is 0 Å². The topological polar surface area (TPSA) is 66.4 Å². The van der Waals surface area contributed by atoms with Crippen molar-refractivity contribution in [1.29, 1.82) is 0 Å². The molecule has 2 atom stereocenters. The molecule has 1 aliphatic heterocycles. The van der Waals surface area contributed by atoms with Gasteiger partial charge in [0.15, 0.2) is 5.78 Å². The number of hydrogen-bond donors (Lipinski definition) is 2.